The Bertz CT molecular complexity index is 1450. The molecule has 11 nitrogen and oxygen atoms in total. The number of amides is 3. The third kappa shape index (κ3) is 8.12. The number of nitrogens with one attached hydrogen (secondary N) is 2. The SMILES string of the molecule is CNc1cc(C(=O)N2CC[C@@H]3OCc4cccc(c4)Oc4ccc(cc4)CCC(=O)N(CCCO)CC(=O)N[C@H]3C2)ccn1. The second-order valence-electron chi connectivity index (χ2n) is 11.0. The van der Waals surface area contributed by atoms with E-state index in [1.54, 1.807) is 30.3 Å². The number of aryl methyl sites for hydroxylation is 1. The van der Waals surface area contributed by atoms with Crippen LogP contribution in [0.15, 0.2) is 66.9 Å². The summed E-state index contributed by atoms with van der Waals surface area (Å²) in [7, 11) is 1.74. The van der Waals surface area contributed by atoms with Crippen LogP contribution in [-0.4, -0.2) is 89.6 Å². The molecule has 11 heteroatoms. The molecule has 1 fully saturated rings. The number of carbonyl (C=O) groups excluding carboxylic acids is 3. The lowest BCUT2D eigenvalue weighted by molar-refractivity contribution is -0.137. The Labute approximate surface area is 257 Å². The molecule has 4 heterocycles. The van der Waals surface area contributed by atoms with Gasteiger partial charge in [0.2, 0.25) is 11.8 Å². The van der Waals surface area contributed by atoms with Crippen molar-refractivity contribution in [2.75, 3.05) is 45.2 Å². The summed E-state index contributed by atoms with van der Waals surface area (Å²) in [6.07, 6.45) is 2.82. The van der Waals surface area contributed by atoms with Crippen LogP contribution < -0.4 is 15.4 Å². The summed E-state index contributed by atoms with van der Waals surface area (Å²) in [5.41, 5.74) is 2.39. The Morgan fingerprint density at radius 2 is 1.91 bits per heavy atom. The van der Waals surface area contributed by atoms with Crippen molar-refractivity contribution in [3.8, 4) is 11.5 Å². The Morgan fingerprint density at radius 3 is 2.70 bits per heavy atom. The second kappa shape index (κ2) is 14.8. The number of nitrogens with zero attached hydrogens (tertiary/aromatic N) is 3. The minimum Gasteiger partial charge on any atom is -0.457 e. The van der Waals surface area contributed by atoms with Crippen LogP contribution in [0.2, 0.25) is 0 Å². The van der Waals surface area contributed by atoms with Crippen LogP contribution in [-0.2, 0) is 27.4 Å². The minimum absolute atomic E-state index is 0.0898. The van der Waals surface area contributed by atoms with Crippen molar-refractivity contribution in [1.82, 2.24) is 20.1 Å². The molecule has 4 bridgehead atoms. The van der Waals surface area contributed by atoms with Gasteiger partial charge in [-0.1, -0.05) is 24.3 Å². The monoisotopic (exact) mass is 601 g/mol. The highest BCUT2D eigenvalue weighted by Gasteiger charge is 2.34. The zero-order valence-electron chi connectivity index (χ0n) is 24.9. The molecule has 232 valence electrons. The molecule has 3 N–H and O–H groups in total. The lowest BCUT2D eigenvalue weighted by Gasteiger charge is -2.39. The van der Waals surface area contributed by atoms with E-state index in [4.69, 9.17) is 9.47 Å². The summed E-state index contributed by atoms with van der Waals surface area (Å²) in [4.78, 5) is 47.4. The number of likely N-dealkylation sites (tertiary alicyclic amines) is 1. The average molecular weight is 602 g/mol. The van der Waals surface area contributed by atoms with E-state index < -0.39 is 6.04 Å². The Kier molecular flexibility index (Phi) is 10.4. The first kappa shape index (κ1) is 31.0. The lowest BCUT2D eigenvalue weighted by atomic mass is 10.0. The Balaban J connectivity index is 1.38. The third-order valence-electron chi connectivity index (χ3n) is 7.87. The van der Waals surface area contributed by atoms with Crippen molar-refractivity contribution in [1.29, 1.82) is 0 Å². The Morgan fingerprint density at radius 1 is 1.07 bits per heavy atom. The molecule has 0 radical (unpaired) electrons. The van der Waals surface area contributed by atoms with E-state index in [9.17, 15) is 19.5 Å². The number of aromatic nitrogens is 1. The molecule has 2 atom stereocenters. The van der Waals surface area contributed by atoms with Crippen molar-refractivity contribution in [3.63, 3.8) is 0 Å². The largest absolute Gasteiger partial charge is 0.457 e. The van der Waals surface area contributed by atoms with Gasteiger partial charge in [0.1, 0.15) is 17.3 Å². The van der Waals surface area contributed by atoms with Gasteiger partial charge < -0.3 is 35.0 Å². The van der Waals surface area contributed by atoms with Gasteiger partial charge in [-0.3, -0.25) is 14.4 Å². The topological polar surface area (TPSA) is 133 Å². The van der Waals surface area contributed by atoms with Crippen molar-refractivity contribution in [3.05, 3.63) is 83.6 Å². The summed E-state index contributed by atoms with van der Waals surface area (Å²) in [6, 6.07) is 18.1. The van der Waals surface area contributed by atoms with Gasteiger partial charge in [-0.05, 0) is 66.8 Å². The highest BCUT2D eigenvalue weighted by Crippen LogP contribution is 2.25. The molecule has 1 saturated heterocycles. The number of rotatable bonds is 5. The minimum atomic E-state index is -0.502. The van der Waals surface area contributed by atoms with Crippen LogP contribution in [0.5, 0.6) is 11.5 Å². The van der Waals surface area contributed by atoms with Gasteiger partial charge in [0.05, 0.1) is 25.3 Å². The maximum Gasteiger partial charge on any atom is 0.254 e. The molecule has 0 spiro atoms. The van der Waals surface area contributed by atoms with Gasteiger partial charge in [0.15, 0.2) is 0 Å². The van der Waals surface area contributed by atoms with E-state index >= 15 is 0 Å². The highest BCUT2D eigenvalue weighted by atomic mass is 16.5. The molecule has 6 rings (SSSR count). The number of pyridine rings is 1. The zero-order chi connectivity index (χ0) is 30.9. The van der Waals surface area contributed by atoms with Crippen LogP contribution >= 0.6 is 0 Å². The molecular weight excluding hydrogens is 562 g/mol. The van der Waals surface area contributed by atoms with Crippen LogP contribution in [0.1, 0.15) is 40.7 Å². The molecule has 3 amide bonds. The molecule has 0 saturated carbocycles. The molecule has 2 aromatic carbocycles. The van der Waals surface area contributed by atoms with E-state index in [2.05, 4.69) is 15.6 Å². The van der Waals surface area contributed by atoms with Crippen molar-refractivity contribution < 1.29 is 29.0 Å². The number of ether oxygens (including phenoxy) is 2. The first-order valence-corrected chi connectivity index (χ1v) is 15.0. The fourth-order valence-electron chi connectivity index (χ4n) is 5.49. The number of carbonyl (C=O) groups is 3. The number of hydrogen-bond acceptors (Lipinski definition) is 8. The van der Waals surface area contributed by atoms with Gasteiger partial charge in [0.25, 0.3) is 5.91 Å². The van der Waals surface area contributed by atoms with Gasteiger partial charge in [-0.15, -0.1) is 0 Å². The number of aliphatic hydroxyl groups excluding tert-OH is 1. The van der Waals surface area contributed by atoms with Gasteiger partial charge in [0, 0.05) is 51.5 Å². The number of anilines is 1. The first-order chi connectivity index (χ1) is 21.4. The van der Waals surface area contributed by atoms with E-state index in [0.717, 1.165) is 11.1 Å². The predicted octanol–water partition coefficient (Wildman–Crippen LogP) is 2.99. The molecule has 0 aliphatic carbocycles. The number of hydrogen-bond donors (Lipinski definition) is 3. The lowest BCUT2D eigenvalue weighted by Crippen LogP contribution is -2.58. The summed E-state index contributed by atoms with van der Waals surface area (Å²) >= 11 is 0. The standard InChI is InChI=1S/C33H39N5O6/c1-34-30-19-25(12-14-35-30)33(42)38-16-13-29-28(20-38)36-31(40)21-37(15-3-17-39)32(41)11-8-23-6-9-26(10-7-23)44-27-5-2-4-24(18-27)22-43-29/h2,4-7,9-10,12,14,18-19,28-29,39H,3,8,11,13,15-17,20-22H2,1H3,(H,34,35)(H,36,40)/t28-,29-/m0/s1. The summed E-state index contributed by atoms with van der Waals surface area (Å²) < 4.78 is 12.4. The number of benzene rings is 2. The third-order valence-corrected chi connectivity index (χ3v) is 7.87. The number of piperidine rings is 1. The van der Waals surface area contributed by atoms with Crippen molar-refractivity contribution in [2.45, 2.75) is 44.4 Å². The van der Waals surface area contributed by atoms with Gasteiger partial charge in [-0.2, -0.15) is 0 Å². The van der Waals surface area contributed by atoms with Crippen LogP contribution in [0.4, 0.5) is 5.82 Å². The molecule has 1 aromatic heterocycles. The molecular formula is C33H39N5O6. The maximum atomic E-state index is 13.4. The predicted molar refractivity (Wildman–Crippen MR) is 164 cm³/mol. The van der Waals surface area contributed by atoms with Crippen molar-refractivity contribution in [2.24, 2.45) is 0 Å². The van der Waals surface area contributed by atoms with E-state index in [0.29, 0.717) is 48.7 Å². The molecule has 44 heavy (non-hydrogen) atoms. The van der Waals surface area contributed by atoms with Crippen LogP contribution in [0.3, 0.4) is 0 Å². The second-order valence-corrected chi connectivity index (χ2v) is 11.0. The smallest absolute Gasteiger partial charge is 0.254 e. The van der Waals surface area contributed by atoms with E-state index in [-0.39, 0.29) is 63.1 Å². The molecule has 0 unspecified atom stereocenters. The fraction of sp³-hybridized carbons (Fsp3) is 0.394. The highest BCUT2D eigenvalue weighted by molar-refractivity contribution is 5.95. The maximum absolute atomic E-state index is 13.4. The summed E-state index contributed by atoms with van der Waals surface area (Å²) in [5, 5.41) is 15.4. The van der Waals surface area contributed by atoms with Crippen LogP contribution in [0.25, 0.3) is 0 Å². The van der Waals surface area contributed by atoms with Gasteiger partial charge >= 0.3 is 0 Å². The number of aliphatic hydroxyl groups is 1. The quantitative estimate of drug-likeness (QED) is 0.407. The fourth-order valence-corrected chi connectivity index (χ4v) is 5.49. The zero-order valence-corrected chi connectivity index (χ0v) is 24.9. The van der Waals surface area contributed by atoms with Crippen LogP contribution in [0, 0.1) is 0 Å². The number of fused-ring (bicyclic) bond motifs is 9. The van der Waals surface area contributed by atoms with Crippen molar-refractivity contribution >= 4 is 23.5 Å². The molecule has 3 aromatic rings. The van der Waals surface area contributed by atoms with Gasteiger partial charge in [-0.25, -0.2) is 4.98 Å². The summed E-state index contributed by atoms with van der Waals surface area (Å²) in [5.74, 6) is 1.27. The first-order valence-electron chi connectivity index (χ1n) is 15.0. The Hall–Kier alpha value is -4.48. The van der Waals surface area contributed by atoms with E-state index in [1.807, 2.05) is 48.5 Å². The van der Waals surface area contributed by atoms with E-state index in [1.165, 1.54) is 4.90 Å². The molecule has 3 aliphatic rings. The average Bonchev–Trinajstić information content (AvgIpc) is 3.05. The normalized spacial score (nSPS) is 19.6. The molecule has 3 aliphatic heterocycles. The summed E-state index contributed by atoms with van der Waals surface area (Å²) in [6.45, 7) is 1.00.